The summed E-state index contributed by atoms with van der Waals surface area (Å²) in [6.07, 6.45) is 0.101. The molecule has 5 heteroatoms. The van der Waals surface area contributed by atoms with Gasteiger partial charge in [0.05, 0.1) is 12.7 Å². The van der Waals surface area contributed by atoms with Crippen molar-refractivity contribution in [1.82, 2.24) is 5.32 Å². The molecule has 1 aromatic rings. The second-order valence-electron chi connectivity index (χ2n) is 5.46. The maximum absolute atomic E-state index is 10.9. The molecular formula is C15H22N2O3. The van der Waals surface area contributed by atoms with E-state index in [1.54, 1.807) is 0 Å². The first-order valence-electron chi connectivity index (χ1n) is 6.84. The van der Waals surface area contributed by atoms with Gasteiger partial charge in [-0.1, -0.05) is 12.1 Å². The first-order valence-corrected chi connectivity index (χ1v) is 6.84. The van der Waals surface area contributed by atoms with E-state index in [1.807, 2.05) is 38.1 Å². The van der Waals surface area contributed by atoms with Crippen molar-refractivity contribution in [3.05, 3.63) is 29.8 Å². The lowest BCUT2D eigenvalue weighted by molar-refractivity contribution is -0.137. The van der Waals surface area contributed by atoms with Gasteiger partial charge in [-0.3, -0.25) is 4.79 Å². The maximum atomic E-state index is 10.9. The first kappa shape index (κ1) is 15.0. The Bertz CT molecular complexity index is 457. The molecule has 0 saturated carbocycles. The van der Waals surface area contributed by atoms with E-state index >= 15 is 0 Å². The van der Waals surface area contributed by atoms with Crippen LogP contribution in [0.1, 0.15) is 26.3 Å². The number of nitrogens with one attached hydrogen (secondary N) is 2. The average molecular weight is 278 g/mol. The minimum atomic E-state index is -0.466. The summed E-state index contributed by atoms with van der Waals surface area (Å²) < 4.78 is 11.2. The fourth-order valence-electron chi connectivity index (χ4n) is 2.15. The van der Waals surface area contributed by atoms with E-state index < -0.39 is 5.79 Å². The van der Waals surface area contributed by atoms with Gasteiger partial charge in [0.25, 0.3) is 0 Å². The van der Waals surface area contributed by atoms with Gasteiger partial charge in [-0.25, -0.2) is 0 Å². The molecule has 0 aromatic heterocycles. The molecule has 0 spiro atoms. The number of anilines is 1. The van der Waals surface area contributed by atoms with Crippen LogP contribution in [-0.4, -0.2) is 30.9 Å². The van der Waals surface area contributed by atoms with Gasteiger partial charge in [0.15, 0.2) is 5.79 Å². The van der Waals surface area contributed by atoms with Crippen LogP contribution < -0.4 is 10.6 Å². The maximum Gasteiger partial charge on any atom is 0.221 e. The van der Waals surface area contributed by atoms with Crippen molar-refractivity contribution < 1.29 is 14.3 Å². The standard InChI is InChI=1S/C15H22N2O3/c1-11(18)17-13-6-4-12(5-7-13)8-16-9-14-10-19-15(2,3)20-14/h4-7,14,16H,8-10H2,1-3H3,(H,17,18). The molecule has 1 fully saturated rings. The lowest BCUT2D eigenvalue weighted by atomic mass is 10.2. The first-order chi connectivity index (χ1) is 9.44. The summed E-state index contributed by atoms with van der Waals surface area (Å²) in [5, 5.41) is 6.10. The summed E-state index contributed by atoms with van der Waals surface area (Å²) >= 11 is 0. The van der Waals surface area contributed by atoms with Crippen LogP contribution in [0.25, 0.3) is 0 Å². The Hall–Kier alpha value is -1.43. The summed E-state index contributed by atoms with van der Waals surface area (Å²) in [6.45, 7) is 7.50. The molecule has 1 aliphatic rings. The van der Waals surface area contributed by atoms with E-state index in [2.05, 4.69) is 10.6 Å². The Morgan fingerprint density at radius 1 is 1.35 bits per heavy atom. The van der Waals surface area contributed by atoms with Crippen molar-refractivity contribution in [3.8, 4) is 0 Å². The fraction of sp³-hybridized carbons (Fsp3) is 0.533. The summed E-state index contributed by atoms with van der Waals surface area (Å²) in [7, 11) is 0. The summed E-state index contributed by atoms with van der Waals surface area (Å²) in [5.74, 6) is -0.524. The van der Waals surface area contributed by atoms with E-state index in [-0.39, 0.29) is 12.0 Å². The highest BCUT2D eigenvalue weighted by Gasteiger charge is 2.32. The van der Waals surface area contributed by atoms with Gasteiger partial charge in [-0.05, 0) is 31.5 Å². The van der Waals surface area contributed by atoms with Gasteiger partial charge in [0.2, 0.25) is 5.91 Å². The highest BCUT2D eigenvalue weighted by molar-refractivity contribution is 5.88. The molecule has 0 radical (unpaired) electrons. The number of rotatable bonds is 5. The number of benzene rings is 1. The second kappa shape index (κ2) is 6.35. The molecule has 5 nitrogen and oxygen atoms in total. The molecule has 1 aliphatic heterocycles. The molecule has 0 aliphatic carbocycles. The molecule has 110 valence electrons. The molecule has 2 rings (SSSR count). The Morgan fingerprint density at radius 3 is 2.60 bits per heavy atom. The smallest absolute Gasteiger partial charge is 0.221 e. The van der Waals surface area contributed by atoms with Crippen molar-refractivity contribution >= 4 is 11.6 Å². The predicted molar refractivity (Wildman–Crippen MR) is 77.4 cm³/mol. The molecule has 1 unspecified atom stereocenters. The van der Waals surface area contributed by atoms with Crippen molar-refractivity contribution in [2.75, 3.05) is 18.5 Å². The third-order valence-corrected chi connectivity index (χ3v) is 3.04. The number of ether oxygens (including phenoxy) is 2. The van der Waals surface area contributed by atoms with E-state index in [0.29, 0.717) is 6.61 Å². The number of hydrogen-bond donors (Lipinski definition) is 2. The van der Waals surface area contributed by atoms with E-state index in [9.17, 15) is 4.79 Å². The molecule has 0 bridgehead atoms. The molecule has 1 heterocycles. The summed E-state index contributed by atoms with van der Waals surface area (Å²) in [6, 6.07) is 7.79. The molecule has 1 aromatic carbocycles. The molecule has 1 saturated heterocycles. The monoisotopic (exact) mass is 278 g/mol. The summed E-state index contributed by atoms with van der Waals surface area (Å²) in [4.78, 5) is 10.9. The zero-order chi connectivity index (χ0) is 14.6. The largest absolute Gasteiger partial charge is 0.348 e. The van der Waals surface area contributed by atoms with Crippen LogP contribution >= 0.6 is 0 Å². The SMILES string of the molecule is CC(=O)Nc1ccc(CNCC2COC(C)(C)O2)cc1. The van der Waals surface area contributed by atoms with Gasteiger partial charge in [-0.2, -0.15) is 0 Å². The Morgan fingerprint density at radius 2 is 2.05 bits per heavy atom. The quantitative estimate of drug-likeness (QED) is 0.863. The van der Waals surface area contributed by atoms with Crippen LogP contribution in [0.3, 0.4) is 0 Å². The highest BCUT2D eigenvalue weighted by atomic mass is 16.7. The van der Waals surface area contributed by atoms with Crippen LogP contribution in [0.15, 0.2) is 24.3 Å². The second-order valence-corrected chi connectivity index (χ2v) is 5.46. The number of amides is 1. The Kier molecular flexibility index (Phi) is 4.75. The van der Waals surface area contributed by atoms with Crippen molar-refractivity contribution in [2.45, 2.75) is 39.2 Å². The molecule has 20 heavy (non-hydrogen) atoms. The molecule has 2 N–H and O–H groups in total. The minimum absolute atomic E-state index is 0.0585. The van der Waals surface area contributed by atoms with Crippen LogP contribution in [0, 0.1) is 0 Å². The minimum Gasteiger partial charge on any atom is -0.348 e. The molecule has 1 amide bonds. The zero-order valence-corrected chi connectivity index (χ0v) is 12.2. The summed E-state index contributed by atoms with van der Waals surface area (Å²) in [5.41, 5.74) is 1.98. The third-order valence-electron chi connectivity index (χ3n) is 3.04. The van der Waals surface area contributed by atoms with E-state index in [1.165, 1.54) is 6.92 Å². The normalized spacial score (nSPS) is 20.9. The van der Waals surface area contributed by atoms with E-state index in [0.717, 1.165) is 24.3 Å². The van der Waals surface area contributed by atoms with Gasteiger partial charge < -0.3 is 20.1 Å². The van der Waals surface area contributed by atoms with Crippen LogP contribution in [-0.2, 0) is 20.8 Å². The van der Waals surface area contributed by atoms with Crippen LogP contribution in [0.4, 0.5) is 5.69 Å². The van der Waals surface area contributed by atoms with Crippen LogP contribution in [0.2, 0.25) is 0 Å². The van der Waals surface area contributed by atoms with Crippen molar-refractivity contribution in [1.29, 1.82) is 0 Å². The third kappa shape index (κ3) is 4.59. The van der Waals surface area contributed by atoms with Gasteiger partial charge in [0.1, 0.15) is 0 Å². The van der Waals surface area contributed by atoms with E-state index in [4.69, 9.17) is 9.47 Å². The number of hydrogen-bond acceptors (Lipinski definition) is 4. The zero-order valence-electron chi connectivity index (χ0n) is 12.2. The van der Waals surface area contributed by atoms with Gasteiger partial charge in [-0.15, -0.1) is 0 Å². The molecular weight excluding hydrogens is 256 g/mol. The predicted octanol–water partition coefficient (Wildman–Crippen LogP) is 1.89. The number of carbonyl (C=O) groups is 1. The highest BCUT2D eigenvalue weighted by Crippen LogP contribution is 2.21. The van der Waals surface area contributed by atoms with Gasteiger partial charge >= 0.3 is 0 Å². The molecule has 1 atom stereocenters. The van der Waals surface area contributed by atoms with Gasteiger partial charge in [0, 0.05) is 25.7 Å². The lowest BCUT2D eigenvalue weighted by Crippen LogP contribution is -2.30. The fourth-order valence-corrected chi connectivity index (χ4v) is 2.15. The van der Waals surface area contributed by atoms with Crippen molar-refractivity contribution in [2.24, 2.45) is 0 Å². The number of carbonyl (C=O) groups excluding carboxylic acids is 1. The average Bonchev–Trinajstić information content (AvgIpc) is 2.70. The van der Waals surface area contributed by atoms with Crippen molar-refractivity contribution in [3.63, 3.8) is 0 Å². The topological polar surface area (TPSA) is 59.6 Å². The Balaban J connectivity index is 1.73. The lowest BCUT2D eigenvalue weighted by Gasteiger charge is -2.17. The Labute approximate surface area is 119 Å². The van der Waals surface area contributed by atoms with Crippen LogP contribution in [0.5, 0.6) is 0 Å².